The van der Waals surface area contributed by atoms with Gasteiger partial charge < -0.3 is 4.90 Å². The van der Waals surface area contributed by atoms with Crippen LogP contribution in [0.25, 0.3) is 5.57 Å². The summed E-state index contributed by atoms with van der Waals surface area (Å²) in [5, 5.41) is 0. The zero-order valence-electron chi connectivity index (χ0n) is 27.0. The first-order chi connectivity index (χ1) is 22.1. The summed E-state index contributed by atoms with van der Waals surface area (Å²) < 4.78 is 0. The molecular formula is C44H47N. The van der Waals surface area contributed by atoms with Gasteiger partial charge in [-0.25, -0.2) is 0 Å². The van der Waals surface area contributed by atoms with Crippen molar-refractivity contribution in [3.05, 3.63) is 167 Å². The molecule has 3 aromatic carbocycles. The molecule has 1 heteroatoms. The summed E-state index contributed by atoms with van der Waals surface area (Å²) in [7, 11) is 0. The lowest BCUT2D eigenvalue weighted by molar-refractivity contribution is 0.500. The van der Waals surface area contributed by atoms with E-state index in [9.17, 15) is 0 Å². The third kappa shape index (κ3) is 8.24. The minimum Gasteiger partial charge on any atom is -0.310 e. The maximum Gasteiger partial charge on any atom is 0.0501 e. The van der Waals surface area contributed by atoms with Gasteiger partial charge >= 0.3 is 0 Å². The van der Waals surface area contributed by atoms with Gasteiger partial charge in [0.15, 0.2) is 0 Å². The summed E-state index contributed by atoms with van der Waals surface area (Å²) in [6.07, 6.45) is 30.2. The number of hydrogen-bond acceptors (Lipinski definition) is 1. The molecule has 228 valence electrons. The lowest BCUT2D eigenvalue weighted by Crippen LogP contribution is -2.16. The molecule has 0 bridgehead atoms. The van der Waals surface area contributed by atoms with Crippen molar-refractivity contribution in [3.63, 3.8) is 0 Å². The molecule has 3 atom stereocenters. The highest BCUT2D eigenvalue weighted by atomic mass is 15.1. The lowest BCUT2D eigenvalue weighted by Gasteiger charge is -2.27. The lowest BCUT2D eigenvalue weighted by atomic mass is 9.82. The average molecular weight is 590 g/mol. The fourth-order valence-corrected chi connectivity index (χ4v) is 6.92. The minimum atomic E-state index is 0.513. The summed E-state index contributed by atoms with van der Waals surface area (Å²) in [6, 6.07) is 29.0. The molecule has 3 aliphatic carbocycles. The van der Waals surface area contributed by atoms with E-state index >= 15 is 0 Å². The van der Waals surface area contributed by atoms with Crippen LogP contribution >= 0.6 is 0 Å². The number of rotatable bonds is 10. The van der Waals surface area contributed by atoms with E-state index in [0.29, 0.717) is 17.8 Å². The number of benzene rings is 3. The number of hydrogen-bond donors (Lipinski definition) is 0. The normalized spacial score (nSPS) is 21.2. The maximum atomic E-state index is 3.41. The van der Waals surface area contributed by atoms with E-state index < -0.39 is 0 Å². The molecule has 0 N–H and O–H groups in total. The SMILES string of the molecule is Cc1cccc(C(CCC2C=CC(c3ccc(N(/C4=C/C(C)CCC=C=C4)c4ccccc4)cc3)=CC2)CC2=CC=CCC2)c1. The molecule has 0 amide bonds. The Morgan fingerprint density at radius 2 is 1.78 bits per heavy atom. The Labute approximate surface area is 271 Å². The van der Waals surface area contributed by atoms with Gasteiger partial charge in [-0.1, -0.05) is 115 Å². The van der Waals surface area contributed by atoms with Gasteiger partial charge in [-0.15, -0.1) is 5.73 Å². The molecule has 3 aromatic rings. The molecule has 0 saturated heterocycles. The topological polar surface area (TPSA) is 3.24 Å². The van der Waals surface area contributed by atoms with E-state index in [2.05, 4.69) is 158 Å². The smallest absolute Gasteiger partial charge is 0.0501 e. The molecule has 6 rings (SSSR count). The average Bonchev–Trinajstić information content (AvgIpc) is 3.07. The van der Waals surface area contributed by atoms with E-state index in [1.54, 1.807) is 5.57 Å². The minimum absolute atomic E-state index is 0.513. The van der Waals surface area contributed by atoms with Crippen molar-refractivity contribution in [2.75, 3.05) is 4.90 Å². The molecule has 0 spiro atoms. The van der Waals surface area contributed by atoms with Crippen molar-refractivity contribution in [2.24, 2.45) is 11.8 Å². The van der Waals surface area contributed by atoms with Crippen LogP contribution in [-0.2, 0) is 0 Å². The van der Waals surface area contributed by atoms with Gasteiger partial charge in [0.1, 0.15) is 0 Å². The van der Waals surface area contributed by atoms with E-state index in [1.165, 1.54) is 71.4 Å². The quantitative estimate of drug-likeness (QED) is 0.213. The second kappa shape index (κ2) is 15.1. The van der Waals surface area contributed by atoms with Crippen LogP contribution < -0.4 is 4.90 Å². The summed E-state index contributed by atoms with van der Waals surface area (Å²) in [4.78, 5) is 2.36. The number of allylic oxidation sites excluding steroid dienone is 10. The largest absolute Gasteiger partial charge is 0.310 e. The Hall–Kier alpha value is -4.32. The third-order valence-electron chi connectivity index (χ3n) is 9.50. The summed E-state index contributed by atoms with van der Waals surface area (Å²) in [6.45, 7) is 4.53. The predicted molar refractivity (Wildman–Crippen MR) is 194 cm³/mol. The van der Waals surface area contributed by atoms with Gasteiger partial charge in [0, 0.05) is 17.5 Å². The molecule has 3 aliphatic rings. The Balaban J connectivity index is 1.14. The van der Waals surface area contributed by atoms with Gasteiger partial charge in [-0.3, -0.25) is 0 Å². The standard InChI is InChI=1S/C44H47N/c1-34-14-12-17-40(31-34)41(33-37-15-7-4-8-16-37)26-23-36-21-24-38(25-22-36)39-27-29-43(30-28-39)45(42-18-9-5-10-19-42)44-20-11-3-6-13-35(2)32-44/h3-5,7,9-10,12,14-15,17-21,24-25,27-32,35-36,41H,6,8,13,16,22-23,26,33H2,1-2H3/b44-32+. The monoisotopic (exact) mass is 589 g/mol. The molecule has 0 saturated carbocycles. The molecule has 0 aliphatic heterocycles. The van der Waals surface area contributed by atoms with Crippen molar-refractivity contribution >= 4 is 16.9 Å². The first-order valence-corrected chi connectivity index (χ1v) is 17.0. The zero-order valence-corrected chi connectivity index (χ0v) is 27.0. The number of para-hydroxylation sites is 1. The van der Waals surface area contributed by atoms with E-state index in [1.807, 2.05) is 0 Å². The Morgan fingerprint density at radius 3 is 2.53 bits per heavy atom. The molecule has 1 nitrogen and oxygen atoms in total. The zero-order chi connectivity index (χ0) is 30.8. The Bertz CT molecular complexity index is 1650. The summed E-state index contributed by atoms with van der Waals surface area (Å²) in [5.74, 6) is 1.70. The van der Waals surface area contributed by atoms with Gasteiger partial charge in [0.05, 0.1) is 5.70 Å². The van der Waals surface area contributed by atoms with E-state index in [0.717, 1.165) is 19.3 Å². The number of nitrogens with zero attached hydrogens (tertiary/aromatic N) is 1. The van der Waals surface area contributed by atoms with Crippen LogP contribution in [0.1, 0.15) is 80.9 Å². The van der Waals surface area contributed by atoms with Crippen LogP contribution in [0.5, 0.6) is 0 Å². The molecule has 45 heavy (non-hydrogen) atoms. The van der Waals surface area contributed by atoms with Crippen molar-refractivity contribution < 1.29 is 0 Å². The van der Waals surface area contributed by atoms with Crippen molar-refractivity contribution in [1.82, 2.24) is 0 Å². The van der Waals surface area contributed by atoms with Crippen LogP contribution in [0, 0.1) is 18.8 Å². The van der Waals surface area contributed by atoms with Crippen LogP contribution in [0.2, 0.25) is 0 Å². The second-order valence-electron chi connectivity index (χ2n) is 13.1. The first kappa shape index (κ1) is 30.7. The highest BCUT2D eigenvalue weighted by Crippen LogP contribution is 2.36. The van der Waals surface area contributed by atoms with E-state index in [4.69, 9.17) is 0 Å². The Kier molecular flexibility index (Phi) is 10.3. The van der Waals surface area contributed by atoms with Crippen molar-refractivity contribution in [3.8, 4) is 0 Å². The highest BCUT2D eigenvalue weighted by molar-refractivity contribution is 5.77. The first-order valence-electron chi connectivity index (χ1n) is 17.0. The second-order valence-corrected chi connectivity index (χ2v) is 13.1. The number of anilines is 2. The molecule has 0 fully saturated rings. The fourth-order valence-electron chi connectivity index (χ4n) is 6.92. The van der Waals surface area contributed by atoms with Gasteiger partial charge in [0.2, 0.25) is 0 Å². The fraction of sp³-hybridized carbons (Fsp3) is 0.295. The Morgan fingerprint density at radius 1 is 0.933 bits per heavy atom. The molecule has 0 heterocycles. The maximum absolute atomic E-state index is 3.41. The van der Waals surface area contributed by atoms with Crippen LogP contribution in [0.3, 0.4) is 0 Å². The van der Waals surface area contributed by atoms with Gasteiger partial charge in [-0.05, 0) is 123 Å². The van der Waals surface area contributed by atoms with Crippen LogP contribution in [0.4, 0.5) is 11.4 Å². The van der Waals surface area contributed by atoms with Crippen LogP contribution in [0.15, 0.2) is 151 Å². The van der Waals surface area contributed by atoms with Crippen LogP contribution in [-0.4, -0.2) is 0 Å². The summed E-state index contributed by atoms with van der Waals surface area (Å²) in [5.41, 5.74) is 14.0. The molecule has 0 aromatic heterocycles. The third-order valence-corrected chi connectivity index (χ3v) is 9.50. The number of aryl methyl sites for hydroxylation is 1. The molecule has 0 radical (unpaired) electrons. The highest BCUT2D eigenvalue weighted by Gasteiger charge is 2.19. The van der Waals surface area contributed by atoms with Gasteiger partial charge in [0.25, 0.3) is 0 Å². The van der Waals surface area contributed by atoms with Crippen molar-refractivity contribution in [1.29, 1.82) is 0 Å². The molecule has 3 unspecified atom stereocenters. The van der Waals surface area contributed by atoms with E-state index in [-0.39, 0.29) is 0 Å². The van der Waals surface area contributed by atoms with Gasteiger partial charge in [-0.2, -0.15) is 0 Å². The summed E-state index contributed by atoms with van der Waals surface area (Å²) >= 11 is 0. The predicted octanol–water partition coefficient (Wildman–Crippen LogP) is 12.3. The molecular weight excluding hydrogens is 542 g/mol. The van der Waals surface area contributed by atoms with Crippen molar-refractivity contribution in [2.45, 2.75) is 71.1 Å².